The van der Waals surface area contributed by atoms with Crippen molar-refractivity contribution < 1.29 is 4.74 Å². The van der Waals surface area contributed by atoms with Crippen LogP contribution in [0.5, 0.6) is 0 Å². The summed E-state index contributed by atoms with van der Waals surface area (Å²) in [6.07, 6.45) is 3.94. The van der Waals surface area contributed by atoms with Gasteiger partial charge in [-0.15, -0.1) is 6.58 Å². The van der Waals surface area contributed by atoms with Crippen molar-refractivity contribution >= 4 is 0 Å². The zero-order valence-electron chi connectivity index (χ0n) is 7.60. The van der Waals surface area contributed by atoms with Gasteiger partial charge in [0.25, 0.3) is 0 Å². The molecule has 0 radical (unpaired) electrons. The van der Waals surface area contributed by atoms with Crippen molar-refractivity contribution in [3.8, 4) is 0 Å². The Morgan fingerprint density at radius 3 is 2.91 bits per heavy atom. The summed E-state index contributed by atoms with van der Waals surface area (Å²) in [6, 6.07) is 0. The van der Waals surface area contributed by atoms with Crippen molar-refractivity contribution in [1.29, 1.82) is 0 Å². The molecule has 0 saturated carbocycles. The molecule has 0 aromatic carbocycles. The molecule has 1 fully saturated rings. The van der Waals surface area contributed by atoms with Gasteiger partial charge >= 0.3 is 0 Å². The van der Waals surface area contributed by atoms with E-state index in [0.29, 0.717) is 6.10 Å². The highest BCUT2D eigenvalue weighted by molar-refractivity contribution is 4.91. The van der Waals surface area contributed by atoms with Crippen molar-refractivity contribution in [3.63, 3.8) is 0 Å². The molecule has 0 aromatic rings. The van der Waals surface area contributed by atoms with E-state index in [-0.39, 0.29) is 0 Å². The van der Waals surface area contributed by atoms with Crippen molar-refractivity contribution in [3.05, 3.63) is 12.2 Å². The number of ether oxygens (including phenoxy) is 1. The van der Waals surface area contributed by atoms with Crippen LogP contribution in [0.3, 0.4) is 0 Å². The van der Waals surface area contributed by atoms with E-state index in [9.17, 15) is 0 Å². The van der Waals surface area contributed by atoms with Crippen LogP contribution in [0, 0.1) is 5.92 Å². The summed E-state index contributed by atoms with van der Waals surface area (Å²) in [4.78, 5) is 0. The molecule has 0 spiro atoms. The smallest absolute Gasteiger partial charge is 0.0614 e. The highest BCUT2D eigenvalue weighted by atomic mass is 16.5. The molecular weight excluding hydrogens is 136 g/mol. The van der Waals surface area contributed by atoms with Gasteiger partial charge in [-0.3, -0.25) is 0 Å². The van der Waals surface area contributed by atoms with Crippen LogP contribution in [0.4, 0.5) is 0 Å². The van der Waals surface area contributed by atoms with Crippen LogP contribution in [0.15, 0.2) is 12.2 Å². The Bertz CT molecular complexity index is 140. The Balaban J connectivity index is 2.28. The van der Waals surface area contributed by atoms with Gasteiger partial charge in [0.05, 0.1) is 6.10 Å². The van der Waals surface area contributed by atoms with E-state index in [2.05, 4.69) is 20.4 Å². The van der Waals surface area contributed by atoms with E-state index in [1.807, 2.05) is 0 Å². The second-order valence-corrected chi connectivity index (χ2v) is 3.78. The van der Waals surface area contributed by atoms with Crippen LogP contribution >= 0.6 is 0 Å². The SMILES string of the molecule is C=C(C)CC1CC(C)CCO1. The Labute approximate surface area is 69.4 Å². The molecule has 1 heterocycles. The number of rotatable bonds is 2. The van der Waals surface area contributed by atoms with Gasteiger partial charge in [-0.25, -0.2) is 0 Å². The predicted molar refractivity (Wildman–Crippen MR) is 47.6 cm³/mol. The maximum absolute atomic E-state index is 5.60. The summed E-state index contributed by atoms with van der Waals surface area (Å²) in [5.74, 6) is 0.841. The highest BCUT2D eigenvalue weighted by Gasteiger charge is 2.18. The maximum atomic E-state index is 5.60. The molecule has 0 N–H and O–H groups in total. The molecule has 2 unspecified atom stereocenters. The lowest BCUT2D eigenvalue weighted by Crippen LogP contribution is -2.24. The minimum Gasteiger partial charge on any atom is -0.378 e. The fraction of sp³-hybridized carbons (Fsp3) is 0.800. The number of hydrogen-bond donors (Lipinski definition) is 0. The summed E-state index contributed by atoms with van der Waals surface area (Å²) >= 11 is 0. The van der Waals surface area contributed by atoms with E-state index in [4.69, 9.17) is 4.74 Å². The molecule has 11 heavy (non-hydrogen) atoms. The highest BCUT2D eigenvalue weighted by Crippen LogP contribution is 2.23. The third kappa shape index (κ3) is 3.06. The maximum Gasteiger partial charge on any atom is 0.0614 e. The molecule has 0 aromatic heterocycles. The first kappa shape index (κ1) is 8.79. The van der Waals surface area contributed by atoms with Gasteiger partial charge < -0.3 is 4.74 Å². The molecule has 0 aliphatic carbocycles. The molecule has 2 atom stereocenters. The topological polar surface area (TPSA) is 9.23 Å². The fourth-order valence-electron chi connectivity index (χ4n) is 1.60. The molecular formula is C10H18O. The lowest BCUT2D eigenvalue weighted by atomic mass is 9.94. The van der Waals surface area contributed by atoms with Crippen molar-refractivity contribution in [1.82, 2.24) is 0 Å². The van der Waals surface area contributed by atoms with Gasteiger partial charge in [-0.1, -0.05) is 12.5 Å². The van der Waals surface area contributed by atoms with E-state index in [1.165, 1.54) is 18.4 Å². The first-order chi connectivity index (χ1) is 5.18. The lowest BCUT2D eigenvalue weighted by Gasteiger charge is -2.27. The monoisotopic (exact) mass is 154 g/mol. The van der Waals surface area contributed by atoms with E-state index in [0.717, 1.165) is 18.9 Å². The molecule has 1 aliphatic heterocycles. The van der Waals surface area contributed by atoms with Gasteiger partial charge in [0.1, 0.15) is 0 Å². The molecule has 1 heteroatoms. The van der Waals surface area contributed by atoms with Crippen LogP contribution in [-0.4, -0.2) is 12.7 Å². The van der Waals surface area contributed by atoms with Gasteiger partial charge in [0, 0.05) is 6.61 Å². The first-order valence-corrected chi connectivity index (χ1v) is 4.44. The molecule has 1 rings (SSSR count). The Morgan fingerprint density at radius 2 is 2.36 bits per heavy atom. The zero-order valence-corrected chi connectivity index (χ0v) is 7.60. The average molecular weight is 154 g/mol. The molecule has 0 amide bonds. The zero-order chi connectivity index (χ0) is 8.27. The normalized spacial score (nSPS) is 31.8. The average Bonchev–Trinajstić information content (AvgIpc) is 1.85. The largest absolute Gasteiger partial charge is 0.378 e. The van der Waals surface area contributed by atoms with Gasteiger partial charge in [0.2, 0.25) is 0 Å². The third-order valence-electron chi connectivity index (χ3n) is 2.21. The minimum absolute atomic E-state index is 0.455. The van der Waals surface area contributed by atoms with E-state index < -0.39 is 0 Å². The Kier molecular flexibility index (Phi) is 3.13. The summed E-state index contributed by atoms with van der Waals surface area (Å²) in [5, 5.41) is 0. The predicted octanol–water partition coefficient (Wildman–Crippen LogP) is 2.77. The van der Waals surface area contributed by atoms with Gasteiger partial charge in [-0.05, 0) is 32.1 Å². The second kappa shape index (κ2) is 3.91. The minimum atomic E-state index is 0.455. The van der Waals surface area contributed by atoms with Gasteiger partial charge in [-0.2, -0.15) is 0 Å². The lowest BCUT2D eigenvalue weighted by molar-refractivity contribution is -0.00398. The first-order valence-electron chi connectivity index (χ1n) is 4.44. The van der Waals surface area contributed by atoms with Gasteiger partial charge in [0.15, 0.2) is 0 Å². The van der Waals surface area contributed by atoms with Crippen molar-refractivity contribution in [2.75, 3.05) is 6.61 Å². The Morgan fingerprint density at radius 1 is 1.64 bits per heavy atom. The van der Waals surface area contributed by atoms with E-state index in [1.54, 1.807) is 0 Å². The fourth-order valence-corrected chi connectivity index (χ4v) is 1.60. The van der Waals surface area contributed by atoms with Crippen LogP contribution in [0.1, 0.15) is 33.1 Å². The van der Waals surface area contributed by atoms with Crippen LogP contribution in [0.2, 0.25) is 0 Å². The summed E-state index contributed by atoms with van der Waals surface area (Å²) < 4.78 is 5.60. The van der Waals surface area contributed by atoms with Crippen molar-refractivity contribution in [2.24, 2.45) is 5.92 Å². The second-order valence-electron chi connectivity index (χ2n) is 3.78. The molecule has 1 aliphatic rings. The molecule has 0 bridgehead atoms. The summed E-state index contributed by atoms with van der Waals surface area (Å²) in [5.41, 5.74) is 1.24. The van der Waals surface area contributed by atoms with Crippen molar-refractivity contribution in [2.45, 2.75) is 39.2 Å². The molecule has 1 nitrogen and oxygen atoms in total. The number of hydrogen-bond acceptors (Lipinski definition) is 1. The quantitative estimate of drug-likeness (QED) is 0.556. The third-order valence-corrected chi connectivity index (χ3v) is 2.21. The van der Waals surface area contributed by atoms with Crippen LogP contribution in [0.25, 0.3) is 0 Å². The molecule has 64 valence electrons. The standard InChI is InChI=1S/C10H18O/c1-8(2)6-10-7-9(3)4-5-11-10/h9-10H,1,4-7H2,2-3H3. The summed E-state index contributed by atoms with van der Waals surface area (Å²) in [7, 11) is 0. The van der Waals surface area contributed by atoms with Crippen LogP contribution < -0.4 is 0 Å². The molecule has 1 saturated heterocycles. The van der Waals surface area contributed by atoms with Crippen LogP contribution in [-0.2, 0) is 4.74 Å². The Hall–Kier alpha value is -0.300. The summed E-state index contributed by atoms with van der Waals surface area (Å²) in [6.45, 7) is 9.21. The van der Waals surface area contributed by atoms with E-state index >= 15 is 0 Å².